The molecule has 0 saturated heterocycles. The standard InChI is InChI=1S/C14H13ClN2O2S/c1-20(18,19)9-6-7-11(14(16)17)12(8-9)10-4-2-3-5-13(10)15/h2-8H,1H3,(H3,16,17). The first kappa shape index (κ1) is 14.6. The number of hydrogen-bond acceptors (Lipinski definition) is 3. The van der Waals surface area contributed by atoms with Crippen LogP contribution in [0.25, 0.3) is 11.1 Å². The van der Waals surface area contributed by atoms with Gasteiger partial charge in [-0.15, -0.1) is 0 Å². The van der Waals surface area contributed by atoms with Crippen LogP contribution in [0, 0.1) is 5.41 Å². The van der Waals surface area contributed by atoms with E-state index in [0.29, 0.717) is 21.7 Å². The number of halogens is 1. The van der Waals surface area contributed by atoms with E-state index in [2.05, 4.69) is 0 Å². The van der Waals surface area contributed by atoms with E-state index in [-0.39, 0.29) is 10.7 Å². The van der Waals surface area contributed by atoms with Crippen molar-refractivity contribution in [3.63, 3.8) is 0 Å². The molecule has 0 aliphatic carbocycles. The molecule has 0 saturated carbocycles. The molecule has 3 N–H and O–H groups in total. The molecule has 0 fully saturated rings. The molecule has 0 aliphatic heterocycles. The highest BCUT2D eigenvalue weighted by Crippen LogP contribution is 2.32. The smallest absolute Gasteiger partial charge is 0.175 e. The first-order chi connectivity index (χ1) is 9.30. The molecule has 0 spiro atoms. The third kappa shape index (κ3) is 2.84. The highest BCUT2D eigenvalue weighted by molar-refractivity contribution is 7.90. The van der Waals surface area contributed by atoms with Gasteiger partial charge in [-0.05, 0) is 29.8 Å². The zero-order chi connectivity index (χ0) is 14.9. The third-order valence-corrected chi connectivity index (χ3v) is 4.31. The molecular weight excluding hydrogens is 296 g/mol. The van der Waals surface area contributed by atoms with E-state index in [0.717, 1.165) is 6.26 Å². The molecule has 0 unspecified atom stereocenters. The summed E-state index contributed by atoms with van der Waals surface area (Å²) < 4.78 is 23.3. The third-order valence-electron chi connectivity index (χ3n) is 2.87. The molecule has 0 radical (unpaired) electrons. The summed E-state index contributed by atoms with van der Waals surface area (Å²) in [5.74, 6) is -0.139. The number of benzene rings is 2. The van der Waals surface area contributed by atoms with E-state index in [1.54, 1.807) is 24.3 Å². The van der Waals surface area contributed by atoms with Gasteiger partial charge in [-0.1, -0.05) is 29.8 Å². The van der Waals surface area contributed by atoms with Crippen LogP contribution in [-0.4, -0.2) is 20.5 Å². The van der Waals surface area contributed by atoms with Crippen LogP contribution in [0.15, 0.2) is 47.4 Å². The molecule has 0 aromatic heterocycles. The number of nitrogen functional groups attached to an aromatic ring is 1. The van der Waals surface area contributed by atoms with Gasteiger partial charge >= 0.3 is 0 Å². The minimum Gasteiger partial charge on any atom is -0.384 e. The maximum Gasteiger partial charge on any atom is 0.175 e. The lowest BCUT2D eigenvalue weighted by Crippen LogP contribution is -2.13. The Hall–Kier alpha value is -1.85. The fraction of sp³-hybridized carbons (Fsp3) is 0.0714. The number of amidine groups is 1. The molecule has 0 heterocycles. The second kappa shape index (κ2) is 5.26. The fourth-order valence-electron chi connectivity index (χ4n) is 1.89. The Morgan fingerprint density at radius 1 is 1.15 bits per heavy atom. The largest absolute Gasteiger partial charge is 0.384 e. The van der Waals surface area contributed by atoms with Gasteiger partial charge in [0, 0.05) is 22.4 Å². The van der Waals surface area contributed by atoms with E-state index >= 15 is 0 Å². The fourth-order valence-corrected chi connectivity index (χ4v) is 2.78. The summed E-state index contributed by atoms with van der Waals surface area (Å²) in [5, 5.41) is 8.08. The highest BCUT2D eigenvalue weighted by Gasteiger charge is 2.15. The van der Waals surface area contributed by atoms with Crippen LogP contribution in [0.5, 0.6) is 0 Å². The van der Waals surface area contributed by atoms with Crippen LogP contribution in [0.2, 0.25) is 5.02 Å². The van der Waals surface area contributed by atoms with Crippen LogP contribution in [0.1, 0.15) is 5.56 Å². The summed E-state index contributed by atoms with van der Waals surface area (Å²) in [4.78, 5) is 0.164. The molecule has 0 atom stereocenters. The van der Waals surface area contributed by atoms with Gasteiger partial charge in [-0.3, -0.25) is 5.41 Å². The van der Waals surface area contributed by atoms with Gasteiger partial charge in [0.1, 0.15) is 5.84 Å². The van der Waals surface area contributed by atoms with Crippen LogP contribution in [-0.2, 0) is 9.84 Å². The number of nitrogens with one attached hydrogen (secondary N) is 1. The summed E-state index contributed by atoms with van der Waals surface area (Å²) in [7, 11) is -3.34. The van der Waals surface area contributed by atoms with Crippen molar-refractivity contribution in [3.05, 3.63) is 53.1 Å². The van der Waals surface area contributed by atoms with Crippen LogP contribution in [0.3, 0.4) is 0 Å². The van der Waals surface area contributed by atoms with Crippen molar-refractivity contribution in [3.8, 4) is 11.1 Å². The Kier molecular flexibility index (Phi) is 3.83. The van der Waals surface area contributed by atoms with Gasteiger partial charge < -0.3 is 5.73 Å². The lowest BCUT2D eigenvalue weighted by atomic mass is 9.99. The summed E-state index contributed by atoms with van der Waals surface area (Å²) >= 11 is 6.14. The maximum atomic E-state index is 11.7. The van der Waals surface area contributed by atoms with E-state index in [1.165, 1.54) is 18.2 Å². The van der Waals surface area contributed by atoms with E-state index < -0.39 is 9.84 Å². The number of sulfone groups is 1. The molecule has 6 heteroatoms. The predicted molar refractivity (Wildman–Crippen MR) is 81.0 cm³/mol. The molecular formula is C14H13ClN2O2S. The average Bonchev–Trinajstić information content (AvgIpc) is 2.37. The molecule has 104 valence electrons. The first-order valence-electron chi connectivity index (χ1n) is 5.74. The van der Waals surface area contributed by atoms with Crippen molar-refractivity contribution in [2.45, 2.75) is 4.90 Å². The average molecular weight is 309 g/mol. The Balaban J connectivity index is 2.78. The Labute approximate surface area is 122 Å². The maximum absolute atomic E-state index is 11.7. The van der Waals surface area contributed by atoms with Crippen LogP contribution in [0.4, 0.5) is 0 Å². The van der Waals surface area contributed by atoms with Crippen LogP contribution < -0.4 is 5.73 Å². The van der Waals surface area contributed by atoms with Crippen molar-refractivity contribution in [1.29, 1.82) is 5.41 Å². The summed E-state index contributed by atoms with van der Waals surface area (Å²) in [6.45, 7) is 0. The quantitative estimate of drug-likeness (QED) is 0.675. The summed E-state index contributed by atoms with van der Waals surface area (Å²) in [5.41, 5.74) is 7.18. The lowest BCUT2D eigenvalue weighted by Gasteiger charge is -2.12. The molecule has 0 bridgehead atoms. The molecule has 4 nitrogen and oxygen atoms in total. The summed E-state index contributed by atoms with van der Waals surface area (Å²) in [6, 6.07) is 11.5. The minimum absolute atomic E-state index is 0.139. The van der Waals surface area contributed by atoms with Crippen molar-refractivity contribution < 1.29 is 8.42 Å². The van der Waals surface area contributed by atoms with Gasteiger partial charge in [0.2, 0.25) is 0 Å². The highest BCUT2D eigenvalue weighted by atomic mass is 35.5. The van der Waals surface area contributed by atoms with Gasteiger partial charge in [-0.25, -0.2) is 8.42 Å². The lowest BCUT2D eigenvalue weighted by molar-refractivity contribution is 0.602. The number of hydrogen-bond donors (Lipinski definition) is 2. The van der Waals surface area contributed by atoms with Gasteiger partial charge in [0.05, 0.1) is 4.90 Å². The Bertz CT molecular complexity index is 786. The normalized spacial score (nSPS) is 11.3. The second-order valence-corrected chi connectivity index (χ2v) is 6.80. The Morgan fingerprint density at radius 2 is 1.80 bits per heavy atom. The molecule has 2 rings (SSSR count). The monoisotopic (exact) mass is 308 g/mol. The van der Waals surface area contributed by atoms with Crippen LogP contribution >= 0.6 is 11.6 Å². The van der Waals surface area contributed by atoms with Gasteiger partial charge in [-0.2, -0.15) is 0 Å². The predicted octanol–water partition coefficient (Wildman–Crippen LogP) is 2.69. The minimum atomic E-state index is -3.34. The molecule has 2 aromatic rings. The SMILES string of the molecule is CS(=O)(=O)c1ccc(C(=N)N)c(-c2ccccc2Cl)c1. The van der Waals surface area contributed by atoms with Gasteiger partial charge in [0.25, 0.3) is 0 Å². The van der Waals surface area contributed by atoms with Crippen molar-refractivity contribution in [2.75, 3.05) is 6.26 Å². The van der Waals surface area contributed by atoms with Crippen molar-refractivity contribution in [2.24, 2.45) is 5.73 Å². The van der Waals surface area contributed by atoms with Crippen molar-refractivity contribution in [1.82, 2.24) is 0 Å². The number of rotatable bonds is 3. The second-order valence-electron chi connectivity index (χ2n) is 4.37. The molecule has 20 heavy (non-hydrogen) atoms. The number of nitrogens with two attached hydrogens (primary N) is 1. The summed E-state index contributed by atoms with van der Waals surface area (Å²) in [6.07, 6.45) is 1.13. The molecule has 0 aliphatic rings. The first-order valence-corrected chi connectivity index (χ1v) is 8.01. The zero-order valence-corrected chi connectivity index (χ0v) is 12.3. The topological polar surface area (TPSA) is 84.0 Å². The molecule has 0 amide bonds. The zero-order valence-electron chi connectivity index (χ0n) is 10.7. The van der Waals surface area contributed by atoms with Gasteiger partial charge in [0.15, 0.2) is 9.84 Å². The van der Waals surface area contributed by atoms with E-state index in [4.69, 9.17) is 22.7 Å². The molecule has 2 aromatic carbocycles. The van der Waals surface area contributed by atoms with E-state index in [1.807, 2.05) is 0 Å². The Morgan fingerprint density at radius 3 is 2.35 bits per heavy atom. The van der Waals surface area contributed by atoms with Crippen molar-refractivity contribution >= 4 is 27.3 Å². The van der Waals surface area contributed by atoms with E-state index in [9.17, 15) is 8.42 Å².